The fourth-order valence-corrected chi connectivity index (χ4v) is 2.85. The summed E-state index contributed by atoms with van der Waals surface area (Å²) in [5, 5.41) is 9.67. The van der Waals surface area contributed by atoms with Gasteiger partial charge in [0.25, 0.3) is 5.91 Å². The van der Waals surface area contributed by atoms with Crippen LogP contribution in [-0.4, -0.2) is 29.0 Å². The summed E-state index contributed by atoms with van der Waals surface area (Å²) in [6.45, 7) is 3.87. The van der Waals surface area contributed by atoms with Crippen LogP contribution in [0.5, 0.6) is 5.75 Å². The highest BCUT2D eigenvalue weighted by molar-refractivity contribution is 9.10. The highest BCUT2D eigenvalue weighted by Gasteiger charge is 2.21. The number of amides is 1. The molecule has 0 saturated carbocycles. The molecule has 19 heavy (non-hydrogen) atoms. The Hall–Kier alpha value is -1.03. The van der Waals surface area contributed by atoms with Gasteiger partial charge in [-0.1, -0.05) is 13.3 Å². The molecule has 1 aromatic carbocycles. The number of likely N-dealkylation sites (tertiary alicyclic amines) is 1. The third-order valence-electron chi connectivity index (χ3n) is 3.91. The average Bonchev–Trinajstić information content (AvgIpc) is 2.66. The molecular formula is C15H20BrNO2. The maximum absolute atomic E-state index is 12.4. The molecule has 1 heterocycles. The van der Waals surface area contributed by atoms with Crippen LogP contribution in [0.1, 0.15) is 43.0 Å². The van der Waals surface area contributed by atoms with Crippen LogP contribution in [0.2, 0.25) is 0 Å². The Morgan fingerprint density at radius 1 is 1.42 bits per heavy atom. The van der Waals surface area contributed by atoms with Crippen molar-refractivity contribution in [3.05, 3.63) is 28.2 Å². The van der Waals surface area contributed by atoms with Crippen LogP contribution in [0.15, 0.2) is 22.7 Å². The highest BCUT2D eigenvalue weighted by Crippen LogP contribution is 2.26. The molecule has 1 saturated heterocycles. The Kier molecular flexibility index (Phi) is 4.86. The van der Waals surface area contributed by atoms with Crippen molar-refractivity contribution in [2.75, 3.05) is 13.1 Å². The van der Waals surface area contributed by atoms with E-state index in [0.717, 1.165) is 31.8 Å². The van der Waals surface area contributed by atoms with Crippen LogP contribution in [0.4, 0.5) is 0 Å². The van der Waals surface area contributed by atoms with Crippen molar-refractivity contribution in [1.29, 1.82) is 0 Å². The molecule has 1 aliphatic heterocycles. The minimum atomic E-state index is 0.0274. The molecule has 1 aromatic rings. The number of rotatable bonds is 2. The number of hydrogen-bond donors (Lipinski definition) is 1. The van der Waals surface area contributed by atoms with Gasteiger partial charge in [0, 0.05) is 18.7 Å². The fourth-order valence-electron chi connectivity index (χ4n) is 2.60. The SMILES string of the molecule is CCC1CCCN(C(=O)c2ccc(Br)c(O)c2)CC1. The topological polar surface area (TPSA) is 40.5 Å². The van der Waals surface area contributed by atoms with Gasteiger partial charge >= 0.3 is 0 Å². The number of nitrogens with zero attached hydrogens (tertiary/aromatic N) is 1. The van der Waals surface area contributed by atoms with E-state index in [0.29, 0.717) is 10.0 Å². The van der Waals surface area contributed by atoms with Crippen LogP contribution < -0.4 is 0 Å². The molecule has 1 unspecified atom stereocenters. The minimum absolute atomic E-state index is 0.0274. The summed E-state index contributed by atoms with van der Waals surface area (Å²) in [7, 11) is 0. The lowest BCUT2D eigenvalue weighted by molar-refractivity contribution is 0.0759. The first-order valence-corrected chi connectivity index (χ1v) is 7.69. The average molecular weight is 326 g/mol. The fraction of sp³-hybridized carbons (Fsp3) is 0.533. The number of carbonyl (C=O) groups is 1. The van der Waals surface area contributed by atoms with Crippen LogP contribution in [0.3, 0.4) is 0 Å². The van der Waals surface area contributed by atoms with Crippen LogP contribution in [0.25, 0.3) is 0 Å². The summed E-state index contributed by atoms with van der Waals surface area (Å²) < 4.78 is 0.617. The molecule has 1 fully saturated rings. The van der Waals surface area contributed by atoms with Gasteiger partial charge < -0.3 is 10.0 Å². The number of phenols is 1. The van der Waals surface area contributed by atoms with Gasteiger partial charge in [-0.2, -0.15) is 0 Å². The predicted molar refractivity (Wildman–Crippen MR) is 79.3 cm³/mol. The van der Waals surface area contributed by atoms with E-state index in [1.165, 1.54) is 18.9 Å². The molecule has 2 rings (SSSR count). The Morgan fingerprint density at radius 3 is 2.89 bits per heavy atom. The van der Waals surface area contributed by atoms with Crippen molar-refractivity contribution >= 4 is 21.8 Å². The van der Waals surface area contributed by atoms with Gasteiger partial charge in [0.1, 0.15) is 5.75 Å². The smallest absolute Gasteiger partial charge is 0.253 e. The molecule has 0 aromatic heterocycles. The minimum Gasteiger partial charge on any atom is -0.507 e. The normalized spacial score (nSPS) is 20.1. The zero-order valence-electron chi connectivity index (χ0n) is 11.2. The van der Waals surface area contributed by atoms with Crippen molar-refractivity contribution in [2.24, 2.45) is 5.92 Å². The summed E-state index contributed by atoms with van der Waals surface area (Å²) in [4.78, 5) is 14.3. The van der Waals surface area contributed by atoms with Crippen molar-refractivity contribution < 1.29 is 9.90 Å². The van der Waals surface area contributed by atoms with E-state index in [4.69, 9.17) is 0 Å². The first-order chi connectivity index (χ1) is 9.11. The molecule has 3 nitrogen and oxygen atoms in total. The number of hydrogen-bond acceptors (Lipinski definition) is 2. The second kappa shape index (κ2) is 6.42. The summed E-state index contributed by atoms with van der Waals surface area (Å²) in [5.41, 5.74) is 0.565. The zero-order chi connectivity index (χ0) is 13.8. The van der Waals surface area contributed by atoms with Gasteiger partial charge in [-0.3, -0.25) is 4.79 Å². The van der Waals surface area contributed by atoms with Crippen molar-refractivity contribution in [2.45, 2.75) is 32.6 Å². The molecule has 0 aliphatic carbocycles. The van der Waals surface area contributed by atoms with Crippen molar-refractivity contribution in [1.82, 2.24) is 4.90 Å². The Labute approximate surface area is 122 Å². The first-order valence-electron chi connectivity index (χ1n) is 6.89. The lowest BCUT2D eigenvalue weighted by Gasteiger charge is -2.20. The van der Waals surface area contributed by atoms with Crippen LogP contribution in [0, 0.1) is 5.92 Å². The van der Waals surface area contributed by atoms with Crippen LogP contribution in [-0.2, 0) is 0 Å². The first kappa shape index (κ1) is 14.4. The van der Waals surface area contributed by atoms with Gasteiger partial charge in [-0.25, -0.2) is 0 Å². The van der Waals surface area contributed by atoms with Crippen molar-refractivity contribution in [3.8, 4) is 5.75 Å². The lowest BCUT2D eigenvalue weighted by Crippen LogP contribution is -2.32. The van der Waals surface area contributed by atoms with E-state index in [-0.39, 0.29) is 11.7 Å². The maximum Gasteiger partial charge on any atom is 0.253 e. The largest absolute Gasteiger partial charge is 0.507 e. The molecule has 1 aliphatic rings. The Morgan fingerprint density at radius 2 is 2.21 bits per heavy atom. The van der Waals surface area contributed by atoms with E-state index < -0.39 is 0 Å². The molecule has 0 spiro atoms. The molecule has 0 bridgehead atoms. The van der Waals surface area contributed by atoms with Gasteiger partial charge in [-0.05, 0) is 59.3 Å². The zero-order valence-corrected chi connectivity index (χ0v) is 12.8. The number of phenolic OH excluding ortho intramolecular Hbond substituents is 1. The van der Waals surface area contributed by atoms with E-state index in [2.05, 4.69) is 22.9 Å². The predicted octanol–water partition coefficient (Wildman–Crippen LogP) is 3.81. The van der Waals surface area contributed by atoms with Gasteiger partial charge in [-0.15, -0.1) is 0 Å². The molecule has 1 amide bonds. The van der Waals surface area contributed by atoms with E-state index in [9.17, 15) is 9.90 Å². The lowest BCUT2D eigenvalue weighted by atomic mass is 9.98. The quantitative estimate of drug-likeness (QED) is 0.898. The third kappa shape index (κ3) is 3.50. The molecule has 1 N–H and O–H groups in total. The van der Waals surface area contributed by atoms with Gasteiger partial charge in [0.15, 0.2) is 0 Å². The maximum atomic E-state index is 12.4. The Balaban J connectivity index is 2.08. The van der Waals surface area contributed by atoms with Gasteiger partial charge in [0.2, 0.25) is 0 Å². The number of carbonyl (C=O) groups excluding carboxylic acids is 1. The highest BCUT2D eigenvalue weighted by atomic mass is 79.9. The number of benzene rings is 1. The van der Waals surface area contributed by atoms with Crippen molar-refractivity contribution in [3.63, 3.8) is 0 Å². The van der Waals surface area contributed by atoms with E-state index in [1.807, 2.05) is 4.90 Å². The molecule has 4 heteroatoms. The standard InChI is InChI=1S/C15H20BrNO2/c1-2-11-4-3-8-17(9-7-11)15(19)12-5-6-13(16)14(18)10-12/h5-6,10-11,18H,2-4,7-9H2,1H3. The Bertz CT molecular complexity index is 461. The summed E-state index contributed by atoms with van der Waals surface area (Å²) in [6.07, 6.45) is 4.57. The summed E-state index contributed by atoms with van der Waals surface area (Å²) >= 11 is 3.23. The van der Waals surface area contributed by atoms with Gasteiger partial charge in [0.05, 0.1) is 4.47 Å². The van der Waals surface area contributed by atoms with E-state index >= 15 is 0 Å². The molecule has 104 valence electrons. The van der Waals surface area contributed by atoms with Crippen LogP contribution >= 0.6 is 15.9 Å². The molecular weight excluding hydrogens is 306 g/mol. The summed E-state index contributed by atoms with van der Waals surface area (Å²) in [5.74, 6) is 0.891. The molecule has 0 radical (unpaired) electrons. The van der Waals surface area contributed by atoms with E-state index in [1.54, 1.807) is 12.1 Å². The second-order valence-electron chi connectivity index (χ2n) is 5.16. The monoisotopic (exact) mass is 325 g/mol. The second-order valence-corrected chi connectivity index (χ2v) is 6.02. The summed E-state index contributed by atoms with van der Waals surface area (Å²) in [6, 6.07) is 5.01. The number of halogens is 1. The molecule has 1 atom stereocenters. The number of aromatic hydroxyl groups is 1. The third-order valence-corrected chi connectivity index (χ3v) is 4.58.